The number of aliphatic carboxylic acids is 1. The molecule has 0 bridgehead atoms. The van der Waals surface area contributed by atoms with Crippen molar-refractivity contribution in [1.82, 2.24) is 9.80 Å². The molecule has 7 nitrogen and oxygen atoms in total. The normalized spacial score (nSPS) is 15.9. The molecule has 0 radical (unpaired) electrons. The highest BCUT2D eigenvalue weighted by Crippen LogP contribution is 2.51. The molecule has 0 atom stereocenters. The molecule has 2 aliphatic rings. The summed E-state index contributed by atoms with van der Waals surface area (Å²) in [6, 6.07) is 23.2. The summed E-state index contributed by atoms with van der Waals surface area (Å²) in [6.07, 6.45) is 2.63. The zero-order chi connectivity index (χ0) is 27.4. The van der Waals surface area contributed by atoms with Crippen molar-refractivity contribution in [2.75, 3.05) is 38.0 Å². The summed E-state index contributed by atoms with van der Waals surface area (Å²) in [5.74, 6) is -0.784. The molecule has 3 aromatic carbocycles. The number of nitrogens with one attached hydrogen (secondary N) is 1. The van der Waals surface area contributed by atoms with Gasteiger partial charge >= 0.3 is 5.97 Å². The molecule has 2 N–H and O–H groups in total. The lowest BCUT2D eigenvalue weighted by Crippen LogP contribution is -2.49. The van der Waals surface area contributed by atoms with Gasteiger partial charge in [0.25, 0.3) is 0 Å². The molecule has 1 aliphatic heterocycles. The third kappa shape index (κ3) is 5.45. The van der Waals surface area contributed by atoms with Crippen molar-refractivity contribution >= 4 is 23.5 Å². The van der Waals surface area contributed by atoms with Gasteiger partial charge in [0, 0.05) is 38.8 Å². The van der Waals surface area contributed by atoms with E-state index in [0.717, 1.165) is 66.0 Å². The smallest absolute Gasteiger partial charge is 0.318 e. The first-order chi connectivity index (χ1) is 18.9. The molecule has 1 fully saturated rings. The van der Waals surface area contributed by atoms with Crippen LogP contribution in [0.3, 0.4) is 0 Å². The van der Waals surface area contributed by atoms with Gasteiger partial charge in [-0.05, 0) is 59.3 Å². The van der Waals surface area contributed by atoms with Crippen LogP contribution in [0, 0.1) is 0 Å². The quantitative estimate of drug-likeness (QED) is 0.400. The Bertz CT molecular complexity index is 1310. The van der Waals surface area contributed by atoms with Gasteiger partial charge in [-0.3, -0.25) is 19.3 Å². The monoisotopic (exact) mass is 525 g/mol. The maximum absolute atomic E-state index is 12.8. The van der Waals surface area contributed by atoms with Crippen LogP contribution < -0.4 is 5.32 Å². The van der Waals surface area contributed by atoms with E-state index in [2.05, 4.69) is 10.2 Å². The summed E-state index contributed by atoms with van der Waals surface area (Å²) < 4.78 is 0. The van der Waals surface area contributed by atoms with Crippen molar-refractivity contribution in [2.45, 2.75) is 38.0 Å². The maximum atomic E-state index is 12.8. The van der Waals surface area contributed by atoms with E-state index >= 15 is 0 Å². The molecule has 39 heavy (non-hydrogen) atoms. The van der Waals surface area contributed by atoms with E-state index in [4.69, 9.17) is 0 Å². The molecule has 0 unspecified atom stereocenters. The number of carboxylic acids is 1. The summed E-state index contributed by atoms with van der Waals surface area (Å²) in [5, 5.41) is 13.2. The number of rotatable bonds is 9. The van der Waals surface area contributed by atoms with E-state index < -0.39 is 11.4 Å². The molecule has 0 saturated carbocycles. The summed E-state index contributed by atoms with van der Waals surface area (Å²) in [5.41, 5.74) is 4.51. The Balaban J connectivity index is 1.11. The lowest BCUT2D eigenvalue weighted by Gasteiger charge is -2.35. The van der Waals surface area contributed by atoms with E-state index in [-0.39, 0.29) is 11.8 Å². The molecule has 0 spiro atoms. The van der Waals surface area contributed by atoms with Gasteiger partial charge in [0.2, 0.25) is 11.8 Å². The second-order valence-electron chi connectivity index (χ2n) is 10.5. The Morgan fingerprint density at radius 1 is 0.821 bits per heavy atom. The van der Waals surface area contributed by atoms with Crippen molar-refractivity contribution in [3.8, 4) is 11.1 Å². The summed E-state index contributed by atoms with van der Waals surface area (Å²) >= 11 is 0. The number of unbranched alkanes of at least 4 members (excludes halogenated alkanes) is 1. The van der Waals surface area contributed by atoms with Crippen LogP contribution in [0.2, 0.25) is 0 Å². The van der Waals surface area contributed by atoms with Gasteiger partial charge in [-0.25, -0.2) is 0 Å². The van der Waals surface area contributed by atoms with Crippen LogP contribution in [-0.2, 0) is 26.2 Å². The average molecular weight is 526 g/mol. The van der Waals surface area contributed by atoms with E-state index in [9.17, 15) is 19.5 Å². The number of nitrogens with zero attached hydrogens (tertiary/aromatic N) is 2. The third-order valence-corrected chi connectivity index (χ3v) is 8.06. The minimum atomic E-state index is -1.00. The lowest BCUT2D eigenvalue weighted by molar-refractivity contribution is -0.142. The number of anilines is 1. The highest BCUT2D eigenvalue weighted by molar-refractivity contribution is 5.97. The first-order valence-electron chi connectivity index (χ1n) is 13.7. The number of carbonyl (C=O) groups excluding carboxylic acids is 2. The summed E-state index contributed by atoms with van der Waals surface area (Å²) in [7, 11) is 0. The Hall–Kier alpha value is -3.97. The average Bonchev–Trinajstić information content (AvgIpc) is 3.23. The Kier molecular flexibility index (Phi) is 7.79. The zero-order valence-corrected chi connectivity index (χ0v) is 22.4. The van der Waals surface area contributed by atoms with Crippen LogP contribution in [0.15, 0.2) is 72.8 Å². The van der Waals surface area contributed by atoms with Crippen LogP contribution in [0.5, 0.6) is 0 Å². The van der Waals surface area contributed by atoms with Gasteiger partial charge < -0.3 is 15.3 Å². The van der Waals surface area contributed by atoms with E-state index in [1.807, 2.05) is 77.7 Å². The molecule has 1 saturated heterocycles. The van der Waals surface area contributed by atoms with Crippen molar-refractivity contribution in [1.29, 1.82) is 0 Å². The fourth-order valence-electron chi connectivity index (χ4n) is 6.07. The van der Waals surface area contributed by atoms with Crippen LogP contribution in [0.1, 0.15) is 42.9 Å². The molecule has 5 rings (SSSR count). The topological polar surface area (TPSA) is 90.0 Å². The zero-order valence-electron chi connectivity index (χ0n) is 22.4. The molecule has 2 amide bonds. The molecule has 1 aliphatic carbocycles. The minimum absolute atomic E-state index is 0.115. The van der Waals surface area contributed by atoms with Gasteiger partial charge in [0.05, 0.1) is 6.42 Å². The number of benzene rings is 3. The minimum Gasteiger partial charge on any atom is -0.480 e. The second kappa shape index (κ2) is 11.4. The maximum Gasteiger partial charge on any atom is 0.318 e. The fourth-order valence-corrected chi connectivity index (χ4v) is 6.07. The van der Waals surface area contributed by atoms with Gasteiger partial charge in [0.15, 0.2) is 0 Å². The molecule has 7 heteroatoms. The van der Waals surface area contributed by atoms with Crippen molar-refractivity contribution in [2.24, 2.45) is 0 Å². The number of hydrogen-bond donors (Lipinski definition) is 2. The Morgan fingerprint density at radius 2 is 1.41 bits per heavy atom. The van der Waals surface area contributed by atoms with Crippen molar-refractivity contribution < 1.29 is 19.5 Å². The van der Waals surface area contributed by atoms with E-state index in [1.165, 1.54) is 6.92 Å². The molecule has 0 aromatic heterocycles. The first kappa shape index (κ1) is 26.6. The van der Waals surface area contributed by atoms with Crippen LogP contribution in [0.25, 0.3) is 11.1 Å². The lowest BCUT2D eigenvalue weighted by atomic mass is 9.74. The van der Waals surface area contributed by atoms with Gasteiger partial charge in [-0.2, -0.15) is 0 Å². The van der Waals surface area contributed by atoms with E-state index in [1.54, 1.807) is 0 Å². The number of piperazine rings is 1. The highest BCUT2D eigenvalue weighted by atomic mass is 16.4. The van der Waals surface area contributed by atoms with Crippen LogP contribution in [-0.4, -0.2) is 65.4 Å². The molecular formula is C32H35N3O4. The molecule has 202 valence electrons. The van der Waals surface area contributed by atoms with Crippen molar-refractivity contribution in [3.63, 3.8) is 0 Å². The number of hydrogen-bond acceptors (Lipinski definition) is 4. The van der Waals surface area contributed by atoms with E-state index in [0.29, 0.717) is 25.9 Å². The Labute approximate surface area is 229 Å². The SMILES string of the molecule is CC(=O)Nc1ccc(CC(=O)N2CCN(CCCCC3(C(=O)O)c4ccccc4-c4ccccc43)CC2)cc1. The number of carbonyl (C=O) groups is 3. The Morgan fingerprint density at radius 3 is 1.97 bits per heavy atom. The molecule has 1 heterocycles. The second-order valence-corrected chi connectivity index (χ2v) is 10.5. The molecular weight excluding hydrogens is 490 g/mol. The van der Waals surface area contributed by atoms with Crippen LogP contribution >= 0.6 is 0 Å². The number of fused-ring (bicyclic) bond motifs is 3. The predicted molar refractivity (Wildman–Crippen MR) is 152 cm³/mol. The molecule has 3 aromatic rings. The largest absolute Gasteiger partial charge is 0.480 e. The number of carboxylic acid groups (broad SMARTS) is 1. The predicted octanol–water partition coefficient (Wildman–Crippen LogP) is 4.55. The van der Waals surface area contributed by atoms with Crippen molar-refractivity contribution in [3.05, 3.63) is 89.5 Å². The van der Waals surface area contributed by atoms with Crippen LogP contribution in [0.4, 0.5) is 5.69 Å². The first-order valence-corrected chi connectivity index (χ1v) is 13.7. The van der Waals surface area contributed by atoms with Gasteiger partial charge in [-0.1, -0.05) is 67.1 Å². The summed E-state index contributed by atoms with van der Waals surface area (Å²) in [4.78, 5) is 41.1. The van der Waals surface area contributed by atoms with Gasteiger partial charge in [-0.15, -0.1) is 0 Å². The van der Waals surface area contributed by atoms with Gasteiger partial charge in [0.1, 0.15) is 5.41 Å². The highest BCUT2D eigenvalue weighted by Gasteiger charge is 2.48. The third-order valence-electron chi connectivity index (χ3n) is 8.06. The fraction of sp³-hybridized carbons (Fsp3) is 0.344. The standard InChI is InChI=1S/C32H35N3O4/c1-23(36)33-25-14-12-24(13-15-25)22-30(37)35-20-18-34(19-21-35)17-7-6-16-32(31(38)39)28-10-4-2-8-26(28)27-9-3-5-11-29(27)32/h2-5,8-15H,6-7,16-22H2,1H3,(H,33,36)(H,38,39). The number of amides is 2. The summed E-state index contributed by atoms with van der Waals surface area (Å²) in [6.45, 7) is 5.40.